The van der Waals surface area contributed by atoms with Crippen molar-refractivity contribution in [1.29, 1.82) is 0 Å². The minimum absolute atomic E-state index is 0.0378. The van der Waals surface area contributed by atoms with Crippen molar-refractivity contribution in [2.45, 2.75) is 51.5 Å². The zero-order valence-corrected chi connectivity index (χ0v) is 23.7. The van der Waals surface area contributed by atoms with E-state index in [0.717, 1.165) is 63.5 Å². The average Bonchev–Trinajstić information content (AvgIpc) is 3.60. The Kier molecular flexibility index (Phi) is 8.62. The first-order valence-corrected chi connectivity index (χ1v) is 14.0. The van der Waals surface area contributed by atoms with Crippen LogP contribution >= 0.6 is 0 Å². The average molecular weight is 553 g/mol. The van der Waals surface area contributed by atoms with Crippen LogP contribution in [0.1, 0.15) is 55.2 Å². The summed E-state index contributed by atoms with van der Waals surface area (Å²) in [7, 11) is 3.28. The normalized spacial score (nSPS) is 12.0. The number of aryl methyl sites for hydroxylation is 1. The number of ether oxygens (including phenoxy) is 1. The van der Waals surface area contributed by atoms with E-state index in [1.54, 1.807) is 14.2 Å². The first-order chi connectivity index (χ1) is 19.9. The van der Waals surface area contributed by atoms with Crippen LogP contribution in [0.15, 0.2) is 60.7 Å². The van der Waals surface area contributed by atoms with E-state index in [9.17, 15) is 9.59 Å². The lowest BCUT2D eigenvalue weighted by molar-refractivity contribution is -0.121. The monoisotopic (exact) mass is 552 g/mol. The fourth-order valence-electron chi connectivity index (χ4n) is 5.23. The molecule has 2 aromatic heterocycles. The van der Waals surface area contributed by atoms with Crippen molar-refractivity contribution in [1.82, 2.24) is 30.8 Å². The van der Waals surface area contributed by atoms with Crippen molar-refractivity contribution >= 4 is 33.5 Å². The topological polar surface area (TPSA) is 125 Å². The standard InChI is InChI=1S/C32H36N6O3/c1-20-25(26-18-24(41-3)15-16-27(26)34-20)19-30(40)35-28(11-5-4-6-12-29(39)33-2)32-36-31(37-38-32)23-14-13-21-9-7-8-10-22(21)17-23/h7-10,13-18,28,34H,4-6,11-12,19H2,1-3H3,(H,33,39)(H,35,40)(H,36,37,38)/t28-/m0/s1. The summed E-state index contributed by atoms with van der Waals surface area (Å²) in [6, 6.07) is 19.8. The SMILES string of the molecule is CNC(=O)CCCCC[C@H](NC(=O)Cc1c(C)[nH]c2ccc(OC)cc12)c1nnc(-c2ccc3ccccc3c2)[nH]1. The van der Waals surface area contributed by atoms with Gasteiger partial charge in [0.25, 0.3) is 0 Å². The zero-order valence-electron chi connectivity index (χ0n) is 23.7. The molecule has 0 aliphatic carbocycles. The number of nitrogens with one attached hydrogen (secondary N) is 4. The third-order valence-electron chi connectivity index (χ3n) is 7.53. The number of nitrogens with zero attached hydrogens (tertiary/aromatic N) is 2. The van der Waals surface area contributed by atoms with Crippen LogP contribution in [0.25, 0.3) is 33.1 Å². The summed E-state index contributed by atoms with van der Waals surface area (Å²) in [6.45, 7) is 1.98. The van der Waals surface area contributed by atoms with Crippen LogP contribution in [0.5, 0.6) is 5.75 Å². The Bertz CT molecular complexity index is 1670. The van der Waals surface area contributed by atoms with Crippen LogP contribution < -0.4 is 15.4 Å². The number of H-pyrrole nitrogens is 2. The van der Waals surface area contributed by atoms with Gasteiger partial charge >= 0.3 is 0 Å². The molecule has 212 valence electrons. The van der Waals surface area contributed by atoms with Crippen molar-refractivity contribution in [2.75, 3.05) is 14.2 Å². The van der Waals surface area contributed by atoms with Crippen molar-refractivity contribution in [3.63, 3.8) is 0 Å². The minimum atomic E-state index is -0.343. The fourth-order valence-corrected chi connectivity index (χ4v) is 5.23. The smallest absolute Gasteiger partial charge is 0.225 e. The molecule has 0 aliphatic heterocycles. The van der Waals surface area contributed by atoms with Crippen LogP contribution in [-0.2, 0) is 16.0 Å². The van der Waals surface area contributed by atoms with Gasteiger partial charge in [-0.15, -0.1) is 10.2 Å². The van der Waals surface area contributed by atoms with Gasteiger partial charge in [0, 0.05) is 35.6 Å². The van der Waals surface area contributed by atoms with E-state index in [-0.39, 0.29) is 24.3 Å². The maximum atomic E-state index is 13.4. The molecule has 0 unspecified atom stereocenters. The van der Waals surface area contributed by atoms with Gasteiger partial charge in [-0.1, -0.05) is 49.2 Å². The maximum Gasteiger partial charge on any atom is 0.225 e. The molecule has 9 heteroatoms. The van der Waals surface area contributed by atoms with Crippen LogP contribution in [-0.4, -0.2) is 46.1 Å². The van der Waals surface area contributed by atoms with Crippen molar-refractivity contribution in [3.05, 3.63) is 77.7 Å². The third kappa shape index (κ3) is 6.57. The molecule has 41 heavy (non-hydrogen) atoms. The van der Waals surface area contributed by atoms with Gasteiger partial charge in [0.15, 0.2) is 11.6 Å². The Morgan fingerprint density at radius 2 is 1.76 bits per heavy atom. The molecule has 3 aromatic carbocycles. The molecule has 2 amide bonds. The summed E-state index contributed by atoms with van der Waals surface area (Å²) in [6.07, 6.45) is 3.87. The molecule has 0 radical (unpaired) electrons. The molecule has 2 heterocycles. The molecular weight excluding hydrogens is 516 g/mol. The number of hydrogen-bond donors (Lipinski definition) is 4. The Morgan fingerprint density at radius 1 is 0.927 bits per heavy atom. The summed E-state index contributed by atoms with van der Waals surface area (Å²) in [4.78, 5) is 31.7. The first kappa shape index (κ1) is 27.9. The molecule has 0 aliphatic rings. The second kappa shape index (κ2) is 12.7. The number of aromatic amines is 2. The van der Waals surface area contributed by atoms with E-state index in [2.05, 4.69) is 55.1 Å². The molecule has 5 rings (SSSR count). The van der Waals surface area contributed by atoms with Crippen molar-refractivity contribution in [3.8, 4) is 17.1 Å². The predicted molar refractivity (Wildman–Crippen MR) is 161 cm³/mol. The number of fused-ring (bicyclic) bond motifs is 2. The van der Waals surface area contributed by atoms with Crippen LogP contribution in [0.3, 0.4) is 0 Å². The van der Waals surface area contributed by atoms with E-state index in [0.29, 0.717) is 24.5 Å². The number of methoxy groups -OCH3 is 1. The lowest BCUT2D eigenvalue weighted by atomic mass is 10.0. The number of aromatic nitrogens is 4. The Morgan fingerprint density at radius 3 is 2.56 bits per heavy atom. The summed E-state index contributed by atoms with van der Waals surface area (Å²) in [5.41, 5.74) is 3.79. The van der Waals surface area contributed by atoms with Crippen molar-refractivity contribution in [2.24, 2.45) is 0 Å². The first-order valence-electron chi connectivity index (χ1n) is 14.0. The Hall–Kier alpha value is -4.66. The Balaban J connectivity index is 1.34. The highest BCUT2D eigenvalue weighted by Crippen LogP contribution is 2.28. The lowest BCUT2D eigenvalue weighted by Crippen LogP contribution is -2.30. The summed E-state index contributed by atoms with van der Waals surface area (Å²) in [5, 5.41) is 18.0. The van der Waals surface area contributed by atoms with E-state index >= 15 is 0 Å². The molecule has 5 aromatic rings. The van der Waals surface area contributed by atoms with Gasteiger partial charge in [-0.2, -0.15) is 0 Å². The number of amides is 2. The number of unbranched alkanes of at least 4 members (excludes halogenated alkanes) is 2. The summed E-state index contributed by atoms with van der Waals surface area (Å²) < 4.78 is 5.40. The number of carbonyl (C=O) groups excluding carboxylic acids is 2. The number of carbonyl (C=O) groups is 2. The predicted octanol–water partition coefficient (Wildman–Crippen LogP) is 5.52. The van der Waals surface area contributed by atoms with E-state index in [4.69, 9.17) is 4.74 Å². The summed E-state index contributed by atoms with van der Waals surface area (Å²) in [5.74, 6) is 1.96. The molecule has 0 bridgehead atoms. The van der Waals surface area contributed by atoms with Crippen LogP contribution in [0.4, 0.5) is 0 Å². The summed E-state index contributed by atoms with van der Waals surface area (Å²) >= 11 is 0. The Labute approximate surface area is 239 Å². The van der Waals surface area contributed by atoms with Crippen LogP contribution in [0, 0.1) is 6.92 Å². The van der Waals surface area contributed by atoms with Gasteiger partial charge in [-0.05, 0) is 60.4 Å². The van der Waals surface area contributed by atoms with Gasteiger partial charge in [0.1, 0.15) is 5.75 Å². The molecule has 0 fully saturated rings. The van der Waals surface area contributed by atoms with E-state index in [1.165, 1.54) is 0 Å². The number of benzene rings is 3. The number of rotatable bonds is 12. The van der Waals surface area contributed by atoms with Gasteiger partial charge in [0.05, 0.1) is 19.6 Å². The largest absolute Gasteiger partial charge is 0.497 e. The van der Waals surface area contributed by atoms with Crippen LogP contribution in [0.2, 0.25) is 0 Å². The molecule has 9 nitrogen and oxygen atoms in total. The second-order valence-electron chi connectivity index (χ2n) is 10.3. The van der Waals surface area contributed by atoms with E-state index < -0.39 is 0 Å². The molecule has 0 saturated carbocycles. The molecule has 1 atom stereocenters. The molecule has 0 saturated heterocycles. The number of hydrogen-bond acceptors (Lipinski definition) is 5. The molecular formula is C32H36N6O3. The second-order valence-corrected chi connectivity index (χ2v) is 10.3. The van der Waals surface area contributed by atoms with Gasteiger partial charge in [-0.3, -0.25) is 9.59 Å². The molecule has 4 N–H and O–H groups in total. The highest BCUT2D eigenvalue weighted by atomic mass is 16.5. The maximum absolute atomic E-state index is 13.4. The lowest BCUT2D eigenvalue weighted by Gasteiger charge is -2.16. The van der Waals surface area contributed by atoms with Gasteiger partial charge in [-0.25, -0.2) is 0 Å². The zero-order chi connectivity index (χ0) is 28.8. The fraction of sp³-hybridized carbons (Fsp3) is 0.312. The van der Waals surface area contributed by atoms with Gasteiger partial charge in [0.2, 0.25) is 11.8 Å². The highest BCUT2D eigenvalue weighted by Gasteiger charge is 2.21. The quantitative estimate of drug-likeness (QED) is 0.152. The minimum Gasteiger partial charge on any atom is -0.497 e. The van der Waals surface area contributed by atoms with Crippen molar-refractivity contribution < 1.29 is 14.3 Å². The third-order valence-corrected chi connectivity index (χ3v) is 7.53. The van der Waals surface area contributed by atoms with E-state index in [1.807, 2.05) is 43.3 Å². The molecule has 0 spiro atoms. The van der Waals surface area contributed by atoms with Gasteiger partial charge < -0.3 is 25.3 Å². The highest BCUT2D eigenvalue weighted by molar-refractivity contribution is 5.91.